The first-order valence-corrected chi connectivity index (χ1v) is 9.19. The van der Waals surface area contributed by atoms with Gasteiger partial charge in [0.05, 0.1) is 12.9 Å². The van der Waals surface area contributed by atoms with Crippen LogP contribution in [0.1, 0.15) is 18.1 Å². The van der Waals surface area contributed by atoms with Crippen LogP contribution in [0.25, 0.3) is 0 Å². The average molecular weight is 345 g/mol. The van der Waals surface area contributed by atoms with Crippen LogP contribution in [-0.4, -0.2) is 54.5 Å². The molecule has 0 aromatic heterocycles. The summed E-state index contributed by atoms with van der Waals surface area (Å²) in [6.45, 7) is 0.342. The summed E-state index contributed by atoms with van der Waals surface area (Å²) >= 11 is 4.32. The second kappa shape index (κ2) is 6.99. The highest BCUT2D eigenvalue weighted by atomic mass is 32.2. The normalized spacial score (nSPS) is 24.3. The molecular formula is C14H19NO5S2. The fraction of sp³-hybridized carbons (Fsp3) is 0.500. The first kappa shape index (κ1) is 17.3. The Bertz CT molecular complexity index is 619. The molecule has 0 spiro atoms. The molecule has 1 saturated heterocycles. The molecule has 8 heteroatoms. The Balaban J connectivity index is 2.08. The zero-order valence-electron chi connectivity index (χ0n) is 12.1. The molecule has 1 heterocycles. The Morgan fingerprint density at radius 1 is 1.45 bits per heavy atom. The van der Waals surface area contributed by atoms with E-state index in [1.54, 1.807) is 30.3 Å². The molecule has 2 rings (SSSR count). The van der Waals surface area contributed by atoms with Gasteiger partial charge in [0.2, 0.25) is 10.0 Å². The first-order chi connectivity index (χ1) is 10.3. The molecular weight excluding hydrogens is 326 g/mol. The Kier molecular flexibility index (Phi) is 5.49. The summed E-state index contributed by atoms with van der Waals surface area (Å²) in [5.74, 6) is -1.10. The average Bonchev–Trinajstić information content (AvgIpc) is 2.81. The van der Waals surface area contributed by atoms with Crippen molar-refractivity contribution in [1.82, 2.24) is 4.31 Å². The fourth-order valence-corrected chi connectivity index (χ4v) is 4.23. The van der Waals surface area contributed by atoms with Gasteiger partial charge in [0.1, 0.15) is 0 Å². The van der Waals surface area contributed by atoms with Gasteiger partial charge in [-0.25, -0.2) is 13.2 Å². The van der Waals surface area contributed by atoms with Crippen LogP contribution in [0.15, 0.2) is 30.3 Å². The predicted molar refractivity (Wildman–Crippen MR) is 85.5 cm³/mol. The maximum atomic E-state index is 11.8. The number of rotatable bonds is 6. The lowest BCUT2D eigenvalue weighted by Gasteiger charge is -2.23. The van der Waals surface area contributed by atoms with Crippen molar-refractivity contribution >= 4 is 28.6 Å². The van der Waals surface area contributed by atoms with Crippen molar-refractivity contribution in [2.75, 3.05) is 19.4 Å². The maximum absolute atomic E-state index is 11.8. The van der Waals surface area contributed by atoms with Gasteiger partial charge in [0, 0.05) is 17.8 Å². The monoisotopic (exact) mass is 345 g/mol. The number of benzene rings is 1. The lowest BCUT2D eigenvalue weighted by atomic mass is 10.1. The van der Waals surface area contributed by atoms with E-state index in [0.717, 1.165) is 6.26 Å². The van der Waals surface area contributed by atoms with Crippen LogP contribution >= 0.6 is 12.6 Å². The van der Waals surface area contributed by atoms with Gasteiger partial charge in [0.25, 0.3) is 0 Å². The van der Waals surface area contributed by atoms with E-state index < -0.39 is 22.1 Å². The van der Waals surface area contributed by atoms with Crippen LogP contribution < -0.4 is 0 Å². The van der Waals surface area contributed by atoms with Gasteiger partial charge in [-0.3, -0.25) is 0 Å². The first-order valence-electron chi connectivity index (χ1n) is 6.83. The molecule has 0 aliphatic carbocycles. The van der Waals surface area contributed by atoms with E-state index in [9.17, 15) is 18.3 Å². The van der Waals surface area contributed by atoms with Gasteiger partial charge in [-0.1, -0.05) is 30.3 Å². The van der Waals surface area contributed by atoms with E-state index in [-0.39, 0.29) is 17.9 Å². The van der Waals surface area contributed by atoms with E-state index in [2.05, 4.69) is 12.6 Å². The van der Waals surface area contributed by atoms with Crippen LogP contribution in [0, 0.1) is 0 Å². The lowest BCUT2D eigenvalue weighted by Crippen LogP contribution is -2.38. The molecule has 1 aromatic carbocycles. The molecule has 1 aromatic rings. The number of hydrogen-bond acceptors (Lipinski definition) is 5. The highest BCUT2D eigenvalue weighted by Crippen LogP contribution is 2.26. The van der Waals surface area contributed by atoms with Gasteiger partial charge in [-0.05, 0) is 12.0 Å². The third-order valence-corrected chi connectivity index (χ3v) is 5.22. The van der Waals surface area contributed by atoms with Crippen molar-refractivity contribution in [2.45, 2.75) is 23.8 Å². The number of aliphatic carboxylic acids is 1. The fourth-order valence-electron chi connectivity index (χ4n) is 2.57. The molecule has 1 aliphatic heterocycles. The topological polar surface area (TPSA) is 83.9 Å². The summed E-state index contributed by atoms with van der Waals surface area (Å²) < 4.78 is 30.4. The molecule has 0 radical (unpaired) electrons. The minimum absolute atomic E-state index is 0.0238. The summed E-state index contributed by atoms with van der Waals surface area (Å²) in [5.41, 5.74) is 0.529. The van der Waals surface area contributed by atoms with E-state index in [4.69, 9.17) is 4.74 Å². The number of hydrogen-bond donors (Lipinski definition) is 2. The molecule has 3 atom stereocenters. The number of carbonyl (C=O) groups is 1. The minimum atomic E-state index is -3.36. The number of carboxylic acid groups (broad SMARTS) is 1. The van der Waals surface area contributed by atoms with E-state index in [0.29, 0.717) is 18.5 Å². The SMILES string of the molecule is CS(=O)(=O)N1C[C@H](S)C[C@H]1CO[C@@H](C(=O)O)c1ccccc1. The molecule has 0 saturated carbocycles. The predicted octanol–water partition coefficient (Wildman–Crippen LogP) is 1.16. The number of carboxylic acids is 1. The minimum Gasteiger partial charge on any atom is -0.479 e. The highest BCUT2D eigenvalue weighted by Gasteiger charge is 2.37. The van der Waals surface area contributed by atoms with Crippen molar-refractivity contribution in [3.8, 4) is 0 Å². The van der Waals surface area contributed by atoms with Crippen LogP contribution in [0.5, 0.6) is 0 Å². The van der Waals surface area contributed by atoms with E-state index in [1.165, 1.54) is 4.31 Å². The van der Waals surface area contributed by atoms with Crippen molar-refractivity contribution in [3.05, 3.63) is 35.9 Å². The van der Waals surface area contributed by atoms with Crippen molar-refractivity contribution in [1.29, 1.82) is 0 Å². The Hall–Kier alpha value is -1.09. The number of sulfonamides is 1. The third-order valence-electron chi connectivity index (χ3n) is 3.55. The number of ether oxygens (including phenoxy) is 1. The standard InChI is InChI=1S/C14H19NO5S2/c1-22(18,19)15-8-12(21)7-11(15)9-20-13(14(16)17)10-5-3-2-4-6-10/h2-6,11-13,21H,7-9H2,1H3,(H,16,17)/t11-,12+,13+/m0/s1. The molecule has 22 heavy (non-hydrogen) atoms. The van der Waals surface area contributed by atoms with Gasteiger partial charge in [0.15, 0.2) is 6.10 Å². The second-order valence-electron chi connectivity index (χ2n) is 5.34. The molecule has 6 nitrogen and oxygen atoms in total. The van der Waals surface area contributed by atoms with E-state index in [1.807, 2.05) is 0 Å². The molecule has 1 aliphatic rings. The molecule has 0 bridgehead atoms. The van der Waals surface area contributed by atoms with Crippen molar-refractivity contribution in [2.24, 2.45) is 0 Å². The zero-order valence-corrected chi connectivity index (χ0v) is 13.8. The molecule has 1 N–H and O–H groups in total. The summed E-state index contributed by atoms with van der Waals surface area (Å²) in [7, 11) is -3.36. The van der Waals surface area contributed by atoms with Crippen LogP contribution in [-0.2, 0) is 19.6 Å². The van der Waals surface area contributed by atoms with Crippen LogP contribution in [0.4, 0.5) is 0 Å². The summed E-state index contributed by atoms with van der Waals surface area (Å²) in [6, 6.07) is 8.21. The van der Waals surface area contributed by atoms with Gasteiger partial charge >= 0.3 is 5.97 Å². The molecule has 1 fully saturated rings. The smallest absolute Gasteiger partial charge is 0.337 e. The molecule has 0 amide bonds. The molecule has 0 unspecified atom stereocenters. The highest BCUT2D eigenvalue weighted by molar-refractivity contribution is 7.88. The van der Waals surface area contributed by atoms with Crippen molar-refractivity contribution in [3.63, 3.8) is 0 Å². The number of thiol groups is 1. The maximum Gasteiger partial charge on any atom is 0.337 e. The zero-order chi connectivity index (χ0) is 16.3. The van der Waals surface area contributed by atoms with Gasteiger partial charge in [-0.2, -0.15) is 16.9 Å². The number of nitrogens with zero attached hydrogens (tertiary/aromatic N) is 1. The summed E-state index contributed by atoms with van der Waals surface area (Å²) in [5, 5.41) is 9.24. The van der Waals surface area contributed by atoms with E-state index >= 15 is 0 Å². The summed E-state index contributed by atoms with van der Waals surface area (Å²) in [4.78, 5) is 11.4. The van der Waals surface area contributed by atoms with Crippen molar-refractivity contribution < 1.29 is 23.1 Å². The lowest BCUT2D eigenvalue weighted by molar-refractivity contribution is -0.151. The van der Waals surface area contributed by atoms with Crippen LogP contribution in [0.3, 0.4) is 0 Å². The van der Waals surface area contributed by atoms with Gasteiger partial charge in [-0.15, -0.1) is 0 Å². The third kappa shape index (κ3) is 4.22. The molecule has 122 valence electrons. The largest absolute Gasteiger partial charge is 0.479 e. The van der Waals surface area contributed by atoms with Crippen LogP contribution in [0.2, 0.25) is 0 Å². The Morgan fingerprint density at radius 3 is 2.64 bits per heavy atom. The van der Waals surface area contributed by atoms with Gasteiger partial charge < -0.3 is 9.84 Å². The Labute approximate surface area is 135 Å². The quantitative estimate of drug-likeness (QED) is 0.756. The Morgan fingerprint density at radius 2 is 2.09 bits per heavy atom. The summed E-state index contributed by atoms with van der Waals surface area (Å²) in [6.07, 6.45) is 0.566. The second-order valence-corrected chi connectivity index (χ2v) is 8.00.